The number of rotatable bonds is 7. The maximum absolute atomic E-state index is 13.2. The zero-order valence-corrected chi connectivity index (χ0v) is 12.0. The Hall–Kier alpha value is -0.980. The van der Waals surface area contributed by atoms with Crippen molar-refractivity contribution in [2.45, 2.75) is 50.7 Å². The summed E-state index contributed by atoms with van der Waals surface area (Å²) >= 11 is 0. The van der Waals surface area contributed by atoms with Crippen molar-refractivity contribution in [2.24, 2.45) is 0 Å². The van der Waals surface area contributed by atoms with Crippen molar-refractivity contribution in [1.29, 1.82) is 0 Å². The first kappa shape index (κ1) is 16.1. The first-order valence-electron chi connectivity index (χ1n) is 6.36. The van der Waals surface area contributed by atoms with Gasteiger partial charge in [-0.05, 0) is 30.5 Å². The zero-order valence-electron chi connectivity index (χ0n) is 11.2. The van der Waals surface area contributed by atoms with E-state index in [-0.39, 0.29) is 16.5 Å². The van der Waals surface area contributed by atoms with Gasteiger partial charge in [0.1, 0.15) is 5.82 Å². The molecule has 0 bridgehead atoms. The van der Waals surface area contributed by atoms with Gasteiger partial charge in [0.2, 0.25) is 10.0 Å². The van der Waals surface area contributed by atoms with Gasteiger partial charge in [-0.1, -0.05) is 26.3 Å². The summed E-state index contributed by atoms with van der Waals surface area (Å²) in [4.78, 5) is -0.190. The largest absolute Gasteiger partial charge is 0.392 e. The van der Waals surface area contributed by atoms with Gasteiger partial charge in [0.05, 0.1) is 11.5 Å². The number of nitrogens with one attached hydrogen (secondary N) is 1. The summed E-state index contributed by atoms with van der Waals surface area (Å²) in [6.07, 6.45) is 2.24. The summed E-state index contributed by atoms with van der Waals surface area (Å²) in [5.74, 6) is -0.638. The van der Waals surface area contributed by atoms with E-state index in [4.69, 9.17) is 5.11 Å². The molecule has 1 aromatic rings. The van der Waals surface area contributed by atoms with Crippen LogP contribution in [0.15, 0.2) is 23.1 Å². The molecule has 0 spiro atoms. The van der Waals surface area contributed by atoms with E-state index in [1.165, 1.54) is 6.07 Å². The molecular formula is C13H20FNO3S. The zero-order chi connectivity index (χ0) is 14.5. The van der Waals surface area contributed by atoms with Gasteiger partial charge in [0.15, 0.2) is 0 Å². The Bertz CT molecular complexity index is 517. The van der Waals surface area contributed by atoms with E-state index >= 15 is 0 Å². The third kappa shape index (κ3) is 4.26. The number of aliphatic hydroxyl groups is 1. The van der Waals surface area contributed by atoms with Crippen LogP contribution in [-0.4, -0.2) is 19.6 Å². The Morgan fingerprint density at radius 2 is 2.05 bits per heavy atom. The van der Waals surface area contributed by atoms with E-state index in [1.807, 2.05) is 13.8 Å². The van der Waals surface area contributed by atoms with Crippen LogP contribution in [-0.2, 0) is 16.6 Å². The molecular weight excluding hydrogens is 269 g/mol. The minimum absolute atomic E-state index is 0.176. The Labute approximate surface area is 113 Å². The molecule has 0 aliphatic heterocycles. The van der Waals surface area contributed by atoms with Crippen LogP contribution in [0.5, 0.6) is 0 Å². The Morgan fingerprint density at radius 3 is 2.58 bits per heavy atom. The predicted octanol–water partition coefficient (Wildman–Crippen LogP) is 2.18. The second-order valence-electron chi connectivity index (χ2n) is 4.43. The Balaban J connectivity index is 3.09. The number of hydrogen-bond donors (Lipinski definition) is 2. The average Bonchev–Trinajstić information content (AvgIpc) is 2.38. The predicted molar refractivity (Wildman–Crippen MR) is 71.6 cm³/mol. The minimum Gasteiger partial charge on any atom is -0.392 e. The Kier molecular flexibility index (Phi) is 5.90. The maximum atomic E-state index is 13.2. The number of halogens is 1. The van der Waals surface area contributed by atoms with Crippen LogP contribution in [0.25, 0.3) is 0 Å². The third-order valence-electron chi connectivity index (χ3n) is 2.94. The fourth-order valence-electron chi connectivity index (χ4n) is 1.89. The quantitative estimate of drug-likeness (QED) is 0.808. The summed E-state index contributed by atoms with van der Waals surface area (Å²) < 4.78 is 40.2. The lowest BCUT2D eigenvalue weighted by Gasteiger charge is -2.17. The number of benzene rings is 1. The highest BCUT2D eigenvalue weighted by atomic mass is 32.2. The molecule has 0 aliphatic rings. The number of sulfonamides is 1. The number of hydrogen-bond acceptors (Lipinski definition) is 3. The molecule has 0 amide bonds. The van der Waals surface area contributed by atoms with Crippen LogP contribution in [0.1, 0.15) is 38.7 Å². The van der Waals surface area contributed by atoms with E-state index < -0.39 is 22.4 Å². The van der Waals surface area contributed by atoms with Gasteiger partial charge < -0.3 is 5.11 Å². The second kappa shape index (κ2) is 6.98. The monoisotopic (exact) mass is 289 g/mol. The third-order valence-corrected chi connectivity index (χ3v) is 4.54. The van der Waals surface area contributed by atoms with Crippen molar-refractivity contribution >= 4 is 10.0 Å². The standard InChI is InChI=1S/C13H20FNO3S/c1-3-5-12(4-2)15-19(17,18)13-8-11(14)7-6-10(13)9-16/h6-8,12,15-16H,3-5,9H2,1-2H3. The molecule has 19 heavy (non-hydrogen) atoms. The highest BCUT2D eigenvalue weighted by Gasteiger charge is 2.22. The van der Waals surface area contributed by atoms with Crippen LogP contribution in [0.2, 0.25) is 0 Å². The van der Waals surface area contributed by atoms with Crippen molar-refractivity contribution in [3.8, 4) is 0 Å². The molecule has 1 unspecified atom stereocenters. The second-order valence-corrected chi connectivity index (χ2v) is 6.11. The summed E-state index contributed by atoms with van der Waals surface area (Å²) in [5.41, 5.74) is 0.195. The molecule has 1 aromatic carbocycles. The molecule has 6 heteroatoms. The van der Waals surface area contributed by atoms with Gasteiger partial charge in [-0.3, -0.25) is 0 Å². The van der Waals surface area contributed by atoms with Crippen LogP contribution in [0.3, 0.4) is 0 Å². The van der Waals surface area contributed by atoms with E-state index in [1.54, 1.807) is 0 Å². The SMILES string of the molecule is CCCC(CC)NS(=O)(=O)c1cc(F)ccc1CO. The normalized spacial score (nSPS) is 13.5. The van der Waals surface area contributed by atoms with Gasteiger partial charge >= 0.3 is 0 Å². The highest BCUT2D eigenvalue weighted by Crippen LogP contribution is 2.18. The van der Waals surface area contributed by atoms with E-state index in [9.17, 15) is 12.8 Å². The molecule has 0 aromatic heterocycles. The van der Waals surface area contributed by atoms with Crippen molar-refractivity contribution < 1.29 is 17.9 Å². The van der Waals surface area contributed by atoms with Crippen LogP contribution in [0, 0.1) is 5.82 Å². The van der Waals surface area contributed by atoms with E-state index in [2.05, 4.69) is 4.72 Å². The molecule has 0 heterocycles. The molecule has 0 saturated heterocycles. The molecule has 108 valence electrons. The summed E-state index contributed by atoms with van der Waals surface area (Å²) in [6, 6.07) is 3.18. The lowest BCUT2D eigenvalue weighted by molar-refractivity contribution is 0.278. The average molecular weight is 289 g/mol. The van der Waals surface area contributed by atoms with Crippen molar-refractivity contribution in [3.05, 3.63) is 29.6 Å². The minimum atomic E-state index is -3.81. The van der Waals surface area contributed by atoms with Crippen LogP contribution in [0.4, 0.5) is 4.39 Å². The van der Waals surface area contributed by atoms with Crippen molar-refractivity contribution in [3.63, 3.8) is 0 Å². The van der Waals surface area contributed by atoms with Gasteiger partial charge in [-0.25, -0.2) is 17.5 Å². The molecule has 0 radical (unpaired) electrons. The highest BCUT2D eigenvalue weighted by molar-refractivity contribution is 7.89. The van der Waals surface area contributed by atoms with E-state index in [0.29, 0.717) is 6.42 Å². The van der Waals surface area contributed by atoms with Gasteiger partial charge in [-0.2, -0.15) is 0 Å². The lowest BCUT2D eigenvalue weighted by Crippen LogP contribution is -2.34. The summed E-state index contributed by atoms with van der Waals surface area (Å²) in [6.45, 7) is 3.42. The van der Waals surface area contributed by atoms with Gasteiger partial charge in [0, 0.05) is 6.04 Å². The fourth-order valence-corrected chi connectivity index (χ4v) is 3.48. The lowest BCUT2D eigenvalue weighted by atomic mass is 10.1. The van der Waals surface area contributed by atoms with E-state index in [0.717, 1.165) is 25.0 Å². The fraction of sp³-hybridized carbons (Fsp3) is 0.538. The maximum Gasteiger partial charge on any atom is 0.241 e. The molecule has 2 N–H and O–H groups in total. The molecule has 1 atom stereocenters. The molecule has 1 rings (SSSR count). The van der Waals surface area contributed by atoms with Crippen LogP contribution < -0.4 is 4.72 Å². The summed E-state index contributed by atoms with van der Waals surface area (Å²) in [5, 5.41) is 9.15. The van der Waals surface area contributed by atoms with Crippen LogP contribution >= 0.6 is 0 Å². The molecule has 0 saturated carbocycles. The first-order chi connectivity index (χ1) is 8.94. The molecule has 4 nitrogen and oxygen atoms in total. The first-order valence-corrected chi connectivity index (χ1v) is 7.84. The molecule has 0 fully saturated rings. The van der Waals surface area contributed by atoms with Gasteiger partial charge in [-0.15, -0.1) is 0 Å². The Morgan fingerprint density at radius 1 is 1.37 bits per heavy atom. The van der Waals surface area contributed by atoms with Crippen molar-refractivity contribution in [1.82, 2.24) is 4.72 Å². The van der Waals surface area contributed by atoms with Crippen molar-refractivity contribution in [2.75, 3.05) is 0 Å². The number of aliphatic hydroxyl groups excluding tert-OH is 1. The molecule has 0 aliphatic carbocycles. The summed E-state index contributed by atoms with van der Waals surface area (Å²) in [7, 11) is -3.81. The smallest absolute Gasteiger partial charge is 0.241 e. The van der Waals surface area contributed by atoms with Gasteiger partial charge in [0.25, 0.3) is 0 Å². The topological polar surface area (TPSA) is 66.4 Å².